The highest BCUT2D eigenvalue weighted by Gasteiger charge is 2.16. The Bertz CT molecular complexity index is 1580. The van der Waals surface area contributed by atoms with Crippen LogP contribution in [0.3, 0.4) is 0 Å². The number of nitrogens with zero attached hydrogens (tertiary/aromatic N) is 1. The second-order valence-electron chi connectivity index (χ2n) is 8.67. The Kier molecular flexibility index (Phi) is 9.06. The zero-order valence-electron chi connectivity index (χ0n) is 21.0. The lowest BCUT2D eigenvalue weighted by atomic mass is 10.1. The van der Waals surface area contributed by atoms with Gasteiger partial charge in [0.25, 0.3) is 11.8 Å². The molecule has 0 aromatic heterocycles. The molecule has 0 unspecified atom stereocenters. The van der Waals surface area contributed by atoms with Gasteiger partial charge in [-0.1, -0.05) is 57.4 Å². The number of esters is 1. The van der Waals surface area contributed by atoms with Crippen molar-refractivity contribution in [2.24, 2.45) is 5.10 Å². The summed E-state index contributed by atoms with van der Waals surface area (Å²) in [7, 11) is 0. The number of anilines is 1. The summed E-state index contributed by atoms with van der Waals surface area (Å²) < 4.78 is 6.91. The van der Waals surface area contributed by atoms with E-state index in [1.165, 1.54) is 6.21 Å². The van der Waals surface area contributed by atoms with Gasteiger partial charge >= 0.3 is 5.97 Å². The number of nitrogens with one attached hydrogen (secondary N) is 2. The van der Waals surface area contributed by atoms with Gasteiger partial charge in [-0.05, 0) is 84.4 Å². The molecule has 4 rings (SSSR count). The summed E-state index contributed by atoms with van der Waals surface area (Å²) in [6.07, 6.45) is 1.38. The SMILES string of the molecule is Cc1ccc(C(=O)Nc2cccc(C(=O)NN=Cc3cc(Br)cc(Br)c3OC(=O)c3cccc(C)c3)c2)cc1. The van der Waals surface area contributed by atoms with Gasteiger partial charge in [0.2, 0.25) is 0 Å². The number of hydrogen-bond acceptors (Lipinski definition) is 5. The van der Waals surface area contributed by atoms with E-state index in [1.54, 1.807) is 66.7 Å². The van der Waals surface area contributed by atoms with Crippen LogP contribution in [0.25, 0.3) is 0 Å². The molecule has 0 saturated heterocycles. The highest BCUT2D eigenvalue weighted by molar-refractivity contribution is 9.11. The minimum Gasteiger partial charge on any atom is -0.421 e. The maximum absolute atomic E-state index is 12.8. The number of carbonyl (C=O) groups excluding carboxylic acids is 3. The molecular weight excluding hydrogens is 626 g/mol. The van der Waals surface area contributed by atoms with Crippen LogP contribution in [0.15, 0.2) is 99.0 Å². The van der Waals surface area contributed by atoms with Crippen LogP contribution in [0.5, 0.6) is 5.75 Å². The van der Waals surface area contributed by atoms with Crippen molar-refractivity contribution in [2.75, 3.05) is 5.32 Å². The summed E-state index contributed by atoms with van der Waals surface area (Å²) in [6.45, 7) is 3.83. The summed E-state index contributed by atoms with van der Waals surface area (Å²) in [5.41, 5.74) is 6.61. The highest BCUT2D eigenvalue weighted by atomic mass is 79.9. The van der Waals surface area contributed by atoms with E-state index in [1.807, 2.05) is 32.0 Å². The van der Waals surface area contributed by atoms with Crippen LogP contribution >= 0.6 is 31.9 Å². The lowest BCUT2D eigenvalue weighted by molar-refractivity contribution is 0.0732. The van der Waals surface area contributed by atoms with Gasteiger partial charge in [-0.25, -0.2) is 10.2 Å². The fraction of sp³-hybridized carbons (Fsp3) is 0.0667. The van der Waals surface area contributed by atoms with E-state index in [0.29, 0.717) is 32.4 Å². The standard InChI is InChI=1S/C30H23Br2N3O4/c1-18-9-11-20(12-10-18)28(36)34-25-8-4-6-21(15-25)29(37)35-33-17-23-14-24(31)16-26(32)27(23)39-30(38)22-7-3-5-19(2)13-22/h3-17H,1-2H3,(H,34,36)(H,35,37). The first kappa shape index (κ1) is 27.9. The van der Waals surface area contributed by atoms with E-state index < -0.39 is 11.9 Å². The van der Waals surface area contributed by atoms with Crippen LogP contribution in [0.1, 0.15) is 47.8 Å². The maximum atomic E-state index is 12.8. The second-order valence-corrected chi connectivity index (χ2v) is 10.4. The molecule has 0 fully saturated rings. The zero-order valence-corrected chi connectivity index (χ0v) is 24.2. The molecule has 9 heteroatoms. The molecule has 0 spiro atoms. The smallest absolute Gasteiger partial charge is 0.343 e. The van der Waals surface area contributed by atoms with Crippen LogP contribution < -0.4 is 15.5 Å². The number of rotatable bonds is 7. The molecule has 0 saturated carbocycles. The predicted octanol–water partition coefficient (Wildman–Crippen LogP) is 7.06. The first-order chi connectivity index (χ1) is 18.7. The van der Waals surface area contributed by atoms with Gasteiger partial charge in [0.1, 0.15) is 0 Å². The van der Waals surface area contributed by atoms with Crippen molar-refractivity contribution in [1.29, 1.82) is 0 Å². The van der Waals surface area contributed by atoms with Gasteiger partial charge in [0.15, 0.2) is 5.75 Å². The van der Waals surface area contributed by atoms with Gasteiger partial charge in [-0.2, -0.15) is 5.10 Å². The molecule has 39 heavy (non-hydrogen) atoms. The number of hydrazone groups is 1. The zero-order chi connectivity index (χ0) is 27.9. The van der Waals surface area contributed by atoms with Gasteiger partial charge in [0.05, 0.1) is 16.3 Å². The number of halogens is 2. The topological polar surface area (TPSA) is 96.9 Å². The van der Waals surface area contributed by atoms with Crippen LogP contribution in [-0.2, 0) is 0 Å². The molecule has 0 radical (unpaired) electrons. The summed E-state index contributed by atoms with van der Waals surface area (Å²) in [4.78, 5) is 38.0. The number of amides is 2. The Morgan fingerprint density at radius 3 is 2.23 bits per heavy atom. The van der Waals surface area contributed by atoms with Crippen molar-refractivity contribution in [3.8, 4) is 5.75 Å². The van der Waals surface area contributed by atoms with Crippen LogP contribution in [0.2, 0.25) is 0 Å². The van der Waals surface area contributed by atoms with Crippen LogP contribution in [0.4, 0.5) is 5.69 Å². The first-order valence-electron chi connectivity index (χ1n) is 11.8. The van der Waals surface area contributed by atoms with E-state index in [2.05, 4.69) is 47.7 Å². The molecular formula is C30H23Br2N3O4. The molecule has 2 amide bonds. The van der Waals surface area contributed by atoms with E-state index in [9.17, 15) is 14.4 Å². The molecule has 0 heterocycles. The van der Waals surface area contributed by atoms with Crippen molar-refractivity contribution in [2.45, 2.75) is 13.8 Å². The average molecular weight is 649 g/mol. The second kappa shape index (κ2) is 12.6. The summed E-state index contributed by atoms with van der Waals surface area (Å²) >= 11 is 6.85. The summed E-state index contributed by atoms with van der Waals surface area (Å²) in [5.74, 6) is -1.03. The molecule has 0 aliphatic rings. The first-order valence-corrected chi connectivity index (χ1v) is 13.4. The van der Waals surface area contributed by atoms with Crippen molar-refractivity contribution >= 4 is 61.5 Å². The molecule has 2 N–H and O–H groups in total. The number of ether oxygens (including phenoxy) is 1. The maximum Gasteiger partial charge on any atom is 0.343 e. The van der Waals surface area contributed by atoms with Crippen molar-refractivity contribution in [3.63, 3.8) is 0 Å². The van der Waals surface area contributed by atoms with Crippen molar-refractivity contribution < 1.29 is 19.1 Å². The van der Waals surface area contributed by atoms with Crippen LogP contribution in [0, 0.1) is 13.8 Å². The molecule has 196 valence electrons. The van der Waals surface area contributed by atoms with E-state index in [-0.39, 0.29) is 11.7 Å². The fourth-order valence-corrected chi connectivity index (χ4v) is 4.92. The van der Waals surface area contributed by atoms with Gasteiger partial charge < -0.3 is 10.1 Å². The molecule has 0 atom stereocenters. The van der Waals surface area contributed by atoms with Gasteiger partial charge in [-0.3, -0.25) is 9.59 Å². The molecule has 0 aliphatic carbocycles. The molecule has 4 aromatic rings. The van der Waals surface area contributed by atoms with Crippen molar-refractivity contribution in [1.82, 2.24) is 5.43 Å². The lowest BCUT2D eigenvalue weighted by Gasteiger charge is -2.11. The largest absolute Gasteiger partial charge is 0.421 e. The fourth-order valence-electron chi connectivity index (χ4n) is 3.58. The Balaban J connectivity index is 1.46. The van der Waals surface area contributed by atoms with E-state index in [0.717, 1.165) is 15.6 Å². The Morgan fingerprint density at radius 2 is 1.49 bits per heavy atom. The Hall–Kier alpha value is -4.08. The third-order valence-corrected chi connectivity index (χ3v) is 6.60. The van der Waals surface area contributed by atoms with Gasteiger partial charge in [-0.15, -0.1) is 0 Å². The Morgan fingerprint density at radius 1 is 0.769 bits per heavy atom. The predicted molar refractivity (Wildman–Crippen MR) is 159 cm³/mol. The summed E-state index contributed by atoms with van der Waals surface area (Å²) in [6, 6.07) is 24.2. The number of hydrogen-bond donors (Lipinski definition) is 2. The molecule has 4 aromatic carbocycles. The third-order valence-electron chi connectivity index (χ3n) is 5.55. The van der Waals surface area contributed by atoms with E-state index >= 15 is 0 Å². The minimum atomic E-state index is -0.523. The van der Waals surface area contributed by atoms with Crippen LogP contribution in [-0.4, -0.2) is 24.0 Å². The van der Waals surface area contributed by atoms with Gasteiger partial charge in [0, 0.05) is 26.9 Å². The number of benzene rings is 4. The minimum absolute atomic E-state index is 0.253. The Labute approximate surface area is 242 Å². The molecule has 7 nitrogen and oxygen atoms in total. The monoisotopic (exact) mass is 647 g/mol. The highest BCUT2D eigenvalue weighted by Crippen LogP contribution is 2.32. The molecule has 0 bridgehead atoms. The average Bonchev–Trinajstić information content (AvgIpc) is 2.91. The number of aryl methyl sites for hydroxylation is 2. The van der Waals surface area contributed by atoms with E-state index in [4.69, 9.17) is 4.74 Å². The lowest BCUT2D eigenvalue weighted by Crippen LogP contribution is -2.18. The third kappa shape index (κ3) is 7.49. The van der Waals surface area contributed by atoms with Crippen molar-refractivity contribution in [3.05, 3.63) is 127 Å². The number of carbonyl (C=O) groups is 3. The molecule has 0 aliphatic heterocycles. The quantitative estimate of drug-likeness (QED) is 0.0970. The summed E-state index contributed by atoms with van der Waals surface area (Å²) in [5, 5.41) is 6.85. The normalized spacial score (nSPS) is 10.8.